The number of aromatic amines is 1. The molecule has 3 rings (SSSR count). The molecule has 0 radical (unpaired) electrons. The second-order valence-electron chi connectivity index (χ2n) is 4.72. The number of ether oxygens (including phenoxy) is 1. The van der Waals surface area contributed by atoms with E-state index in [9.17, 15) is 4.79 Å². The van der Waals surface area contributed by atoms with Gasteiger partial charge in [0.1, 0.15) is 5.75 Å². The predicted molar refractivity (Wildman–Crippen MR) is 84.1 cm³/mol. The number of methoxy groups -OCH3 is 1. The summed E-state index contributed by atoms with van der Waals surface area (Å²) in [4.78, 5) is 15.5. The van der Waals surface area contributed by atoms with Crippen LogP contribution >= 0.6 is 0 Å². The molecular formula is C17H16N2O2. The number of aromatic nitrogens is 1. The molecule has 2 N–H and O–H groups in total. The van der Waals surface area contributed by atoms with E-state index in [0.717, 1.165) is 22.3 Å². The van der Waals surface area contributed by atoms with E-state index in [1.807, 2.05) is 48.5 Å². The molecule has 0 saturated carbocycles. The fourth-order valence-electron chi connectivity index (χ4n) is 2.36. The number of hydrogen-bond acceptors (Lipinski definition) is 3. The van der Waals surface area contributed by atoms with Crippen LogP contribution in [-0.4, -0.2) is 24.4 Å². The molecule has 0 amide bonds. The number of nitrogens with one attached hydrogen (secondary N) is 2. The van der Waals surface area contributed by atoms with Crippen molar-refractivity contribution in [2.45, 2.75) is 0 Å². The van der Waals surface area contributed by atoms with Gasteiger partial charge in [0.2, 0.25) is 0 Å². The van der Waals surface area contributed by atoms with Crippen LogP contribution in [0, 0.1) is 0 Å². The molecule has 4 heteroatoms. The molecule has 2 aromatic carbocycles. The van der Waals surface area contributed by atoms with Crippen molar-refractivity contribution in [1.82, 2.24) is 4.98 Å². The zero-order chi connectivity index (χ0) is 14.7. The molecule has 0 saturated heterocycles. The van der Waals surface area contributed by atoms with Crippen molar-refractivity contribution in [1.29, 1.82) is 0 Å². The average molecular weight is 280 g/mol. The Bertz CT molecular complexity index is 777. The van der Waals surface area contributed by atoms with Gasteiger partial charge in [0.25, 0.3) is 0 Å². The fraction of sp³-hybridized carbons (Fsp3) is 0.118. The molecule has 0 aliphatic carbocycles. The van der Waals surface area contributed by atoms with Gasteiger partial charge in [-0.2, -0.15) is 0 Å². The molecule has 3 aromatic rings. The van der Waals surface area contributed by atoms with Crippen LogP contribution in [0.15, 0.2) is 54.7 Å². The smallest absolute Gasteiger partial charge is 0.184 e. The number of hydrogen-bond donors (Lipinski definition) is 2. The molecule has 0 unspecified atom stereocenters. The predicted octanol–water partition coefficient (Wildman–Crippen LogP) is 3.47. The number of fused-ring (bicyclic) bond motifs is 1. The van der Waals surface area contributed by atoms with E-state index in [-0.39, 0.29) is 12.3 Å². The summed E-state index contributed by atoms with van der Waals surface area (Å²) in [6, 6.07) is 15.3. The molecule has 0 bridgehead atoms. The third-order valence-electron chi connectivity index (χ3n) is 3.44. The number of anilines is 1. The number of rotatable bonds is 5. The maximum absolute atomic E-state index is 12.4. The van der Waals surface area contributed by atoms with Gasteiger partial charge in [0, 0.05) is 22.7 Å². The number of carbonyl (C=O) groups is 1. The van der Waals surface area contributed by atoms with Crippen molar-refractivity contribution in [3.8, 4) is 5.75 Å². The molecule has 0 atom stereocenters. The fourth-order valence-corrected chi connectivity index (χ4v) is 2.36. The van der Waals surface area contributed by atoms with E-state index in [2.05, 4.69) is 10.3 Å². The van der Waals surface area contributed by atoms with Crippen LogP contribution in [0.3, 0.4) is 0 Å². The van der Waals surface area contributed by atoms with Crippen molar-refractivity contribution >= 4 is 22.4 Å². The van der Waals surface area contributed by atoms with Gasteiger partial charge in [-0.15, -0.1) is 0 Å². The number of H-pyrrole nitrogens is 1. The first-order valence-corrected chi connectivity index (χ1v) is 6.76. The Balaban J connectivity index is 1.78. The zero-order valence-corrected chi connectivity index (χ0v) is 11.7. The van der Waals surface area contributed by atoms with Gasteiger partial charge in [0.15, 0.2) is 5.78 Å². The SMILES string of the molecule is COc1ccccc1NCC(=O)c1c[nH]c2ccccc12. The Morgan fingerprint density at radius 3 is 2.76 bits per heavy atom. The van der Waals surface area contributed by atoms with Gasteiger partial charge >= 0.3 is 0 Å². The highest BCUT2D eigenvalue weighted by atomic mass is 16.5. The summed E-state index contributed by atoms with van der Waals surface area (Å²) in [5.74, 6) is 0.766. The summed E-state index contributed by atoms with van der Waals surface area (Å²) >= 11 is 0. The molecule has 0 aliphatic heterocycles. The Labute approximate surface area is 122 Å². The maximum atomic E-state index is 12.4. The van der Waals surface area contributed by atoms with Gasteiger partial charge < -0.3 is 15.0 Å². The molecular weight excluding hydrogens is 264 g/mol. The van der Waals surface area contributed by atoms with Crippen molar-refractivity contribution in [3.05, 3.63) is 60.3 Å². The first-order valence-electron chi connectivity index (χ1n) is 6.76. The van der Waals surface area contributed by atoms with Crippen molar-refractivity contribution < 1.29 is 9.53 Å². The summed E-state index contributed by atoms with van der Waals surface area (Å²) in [5.41, 5.74) is 2.49. The second kappa shape index (κ2) is 5.71. The monoisotopic (exact) mass is 280 g/mol. The Morgan fingerprint density at radius 1 is 1.14 bits per heavy atom. The molecule has 1 heterocycles. The highest BCUT2D eigenvalue weighted by Gasteiger charge is 2.12. The van der Waals surface area contributed by atoms with E-state index in [4.69, 9.17) is 4.74 Å². The summed E-state index contributed by atoms with van der Waals surface area (Å²) in [5, 5.41) is 4.08. The van der Waals surface area contributed by atoms with Crippen molar-refractivity contribution in [3.63, 3.8) is 0 Å². The average Bonchev–Trinajstić information content (AvgIpc) is 2.97. The lowest BCUT2D eigenvalue weighted by molar-refractivity contribution is 0.101. The molecule has 1 aromatic heterocycles. The first kappa shape index (κ1) is 13.2. The number of carbonyl (C=O) groups excluding carboxylic acids is 1. The highest BCUT2D eigenvalue weighted by Crippen LogP contribution is 2.23. The minimum Gasteiger partial charge on any atom is -0.495 e. The van der Waals surface area contributed by atoms with E-state index in [1.54, 1.807) is 13.3 Å². The third kappa shape index (κ3) is 2.60. The normalized spacial score (nSPS) is 10.5. The lowest BCUT2D eigenvalue weighted by Crippen LogP contribution is -2.14. The van der Waals surface area contributed by atoms with Crippen LogP contribution in [0.5, 0.6) is 5.75 Å². The summed E-state index contributed by atoms with van der Waals surface area (Å²) < 4.78 is 5.26. The second-order valence-corrected chi connectivity index (χ2v) is 4.72. The molecule has 21 heavy (non-hydrogen) atoms. The largest absolute Gasteiger partial charge is 0.495 e. The van der Waals surface area contributed by atoms with E-state index in [1.165, 1.54) is 0 Å². The van der Waals surface area contributed by atoms with Crippen molar-refractivity contribution in [2.24, 2.45) is 0 Å². The number of benzene rings is 2. The molecule has 106 valence electrons. The van der Waals surface area contributed by atoms with Crippen LogP contribution < -0.4 is 10.1 Å². The van der Waals surface area contributed by atoms with Gasteiger partial charge in [-0.3, -0.25) is 4.79 Å². The van der Waals surface area contributed by atoms with E-state index >= 15 is 0 Å². The van der Waals surface area contributed by atoms with Crippen LogP contribution in [0.1, 0.15) is 10.4 Å². The summed E-state index contributed by atoms with van der Waals surface area (Å²) in [6.07, 6.45) is 1.76. The van der Waals surface area contributed by atoms with Gasteiger partial charge in [-0.1, -0.05) is 30.3 Å². The Hall–Kier alpha value is -2.75. The lowest BCUT2D eigenvalue weighted by Gasteiger charge is -2.09. The zero-order valence-electron chi connectivity index (χ0n) is 11.7. The minimum absolute atomic E-state index is 0.0401. The van der Waals surface area contributed by atoms with Gasteiger partial charge in [-0.05, 0) is 18.2 Å². The number of ketones is 1. The lowest BCUT2D eigenvalue weighted by atomic mass is 10.1. The standard InChI is InChI=1S/C17H16N2O2/c1-21-17-9-5-4-8-15(17)19-11-16(20)13-10-18-14-7-3-2-6-12(13)14/h2-10,18-19H,11H2,1H3. The van der Waals surface area contributed by atoms with Gasteiger partial charge in [0.05, 0.1) is 19.3 Å². The van der Waals surface area contributed by atoms with Gasteiger partial charge in [-0.25, -0.2) is 0 Å². The van der Waals surface area contributed by atoms with Crippen molar-refractivity contribution in [2.75, 3.05) is 19.0 Å². The quantitative estimate of drug-likeness (QED) is 0.704. The molecule has 0 spiro atoms. The van der Waals surface area contributed by atoms with Crippen LogP contribution in [0.2, 0.25) is 0 Å². The van der Waals surface area contributed by atoms with Crippen LogP contribution in [0.25, 0.3) is 10.9 Å². The number of para-hydroxylation sites is 3. The molecule has 0 fully saturated rings. The third-order valence-corrected chi connectivity index (χ3v) is 3.44. The Morgan fingerprint density at radius 2 is 1.90 bits per heavy atom. The van der Waals surface area contributed by atoms with E-state index in [0.29, 0.717) is 5.56 Å². The van der Waals surface area contributed by atoms with Crippen LogP contribution in [0.4, 0.5) is 5.69 Å². The minimum atomic E-state index is 0.0401. The molecule has 4 nitrogen and oxygen atoms in total. The molecule has 0 aliphatic rings. The summed E-state index contributed by atoms with van der Waals surface area (Å²) in [6.45, 7) is 0.224. The Kier molecular flexibility index (Phi) is 3.60. The number of Topliss-reactive ketones (excluding diaryl/α,β-unsaturated/α-hetero) is 1. The summed E-state index contributed by atoms with van der Waals surface area (Å²) in [7, 11) is 1.61. The highest BCUT2D eigenvalue weighted by molar-refractivity contribution is 6.09. The van der Waals surface area contributed by atoms with E-state index < -0.39 is 0 Å². The first-order chi connectivity index (χ1) is 10.3. The van der Waals surface area contributed by atoms with Crippen LogP contribution in [-0.2, 0) is 0 Å². The topological polar surface area (TPSA) is 54.1 Å². The maximum Gasteiger partial charge on any atom is 0.184 e.